The van der Waals surface area contributed by atoms with Crippen LogP contribution in [0.3, 0.4) is 0 Å². The van der Waals surface area contributed by atoms with Crippen molar-refractivity contribution in [3.05, 3.63) is 77.9 Å². The van der Waals surface area contributed by atoms with Gasteiger partial charge in [0, 0.05) is 6.20 Å². The maximum atomic E-state index is 13.8. The molecule has 0 aliphatic carbocycles. The largest absolute Gasteiger partial charge is 0.345 e. The molecule has 3 aromatic rings. The Balaban J connectivity index is 1.73. The lowest BCUT2D eigenvalue weighted by molar-refractivity contribution is 0.0940. The van der Waals surface area contributed by atoms with Crippen molar-refractivity contribution in [1.82, 2.24) is 15.1 Å². The molecule has 1 atom stereocenters. The highest BCUT2D eigenvalue weighted by Crippen LogP contribution is 2.17. The van der Waals surface area contributed by atoms with Crippen molar-refractivity contribution in [2.24, 2.45) is 5.14 Å². The minimum Gasteiger partial charge on any atom is -0.345 e. The first-order valence-electron chi connectivity index (χ1n) is 7.99. The van der Waals surface area contributed by atoms with Gasteiger partial charge >= 0.3 is 0 Å². The van der Waals surface area contributed by atoms with E-state index in [-0.39, 0.29) is 28.1 Å². The van der Waals surface area contributed by atoms with E-state index in [2.05, 4.69) is 10.4 Å². The van der Waals surface area contributed by atoms with Gasteiger partial charge in [-0.25, -0.2) is 22.6 Å². The molecule has 9 heteroatoms. The number of sulfonamides is 1. The van der Waals surface area contributed by atoms with Gasteiger partial charge in [0.05, 0.1) is 22.7 Å². The number of benzene rings is 2. The first-order chi connectivity index (χ1) is 12.8. The van der Waals surface area contributed by atoms with Crippen LogP contribution in [0.5, 0.6) is 0 Å². The van der Waals surface area contributed by atoms with Gasteiger partial charge in [-0.05, 0) is 36.8 Å². The SMILES string of the molecule is CC(NC(=O)c1cnn(-c2ccccc2F)c1)c1ccc(S(N)(=O)=O)cc1. The number of nitrogens with zero attached hydrogens (tertiary/aromatic N) is 2. The number of amides is 1. The van der Waals surface area contributed by atoms with E-state index in [0.29, 0.717) is 5.56 Å². The number of aromatic nitrogens is 2. The van der Waals surface area contributed by atoms with E-state index >= 15 is 0 Å². The summed E-state index contributed by atoms with van der Waals surface area (Å²) in [5.74, 6) is -0.837. The molecule has 0 spiro atoms. The molecule has 1 unspecified atom stereocenters. The minimum atomic E-state index is -3.77. The van der Waals surface area contributed by atoms with Gasteiger partial charge in [0.2, 0.25) is 10.0 Å². The first-order valence-corrected chi connectivity index (χ1v) is 9.53. The number of hydrogen-bond acceptors (Lipinski definition) is 4. The fourth-order valence-corrected chi connectivity index (χ4v) is 3.03. The number of carbonyl (C=O) groups is 1. The Bertz CT molecular complexity index is 1080. The summed E-state index contributed by atoms with van der Waals surface area (Å²) in [5, 5.41) is 11.9. The summed E-state index contributed by atoms with van der Waals surface area (Å²) < 4.78 is 37.7. The van der Waals surface area contributed by atoms with Crippen LogP contribution in [0.1, 0.15) is 28.9 Å². The quantitative estimate of drug-likeness (QED) is 0.698. The monoisotopic (exact) mass is 388 g/mol. The predicted molar refractivity (Wildman–Crippen MR) is 97.2 cm³/mol. The van der Waals surface area contributed by atoms with Crippen molar-refractivity contribution in [1.29, 1.82) is 0 Å². The normalized spacial score (nSPS) is 12.6. The zero-order chi connectivity index (χ0) is 19.6. The van der Waals surface area contributed by atoms with Crippen LogP contribution in [-0.2, 0) is 10.0 Å². The van der Waals surface area contributed by atoms with Gasteiger partial charge in [-0.2, -0.15) is 5.10 Å². The van der Waals surface area contributed by atoms with Crippen LogP contribution in [0, 0.1) is 5.82 Å². The smallest absolute Gasteiger partial charge is 0.254 e. The van der Waals surface area contributed by atoms with E-state index in [1.807, 2.05) is 0 Å². The van der Waals surface area contributed by atoms with Crippen molar-refractivity contribution < 1.29 is 17.6 Å². The van der Waals surface area contributed by atoms with E-state index in [4.69, 9.17) is 5.14 Å². The Morgan fingerprint density at radius 3 is 2.48 bits per heavy atom. The van der Waals surface area contributed by atoms with Crippen LogP contribution in [0.15, 0.2) is 65.8 Å². The highest BCUT2D eigenvalue weighted by Gasteiger charge is 2.15. The molecular weight excluding hydrogens is 371 g/mol. The number of nitrogens with two attached hydrogens (primary N) is 1. The number of rotatable bonds is 5. The molecule has 0 radical (unpaired) electrons. The summed E-state index contributed by atoms with van der Waals surface area (Å²) in [6, 6.07) is 11.6. The topological polar surface area (TPSA) is 107 Å². The average molecular weight is 388 g/mol. The Labute approximate surface area is 155 Å². The third-order valence-electron chi connectivity index (χ3n) is 4.00. The van der Waals surface area contributed by atoms with Gasteiger partial charge in [-0.3, -0.25) is 4.79 Å². The third-order valence-corrected chi connectivity index (χ3v) is 4.93. The van der Waals surface area contributed by atoms with Crippen molar-refractivity contribution in [2.75, 3.05) is 0 Å². The van der Waals surface area contributed by atoms with Gasteiger partial charge < -0.3 is 5.32 Å². The number of carbonyl (C=O) groups excluding carboxylic acids is 1. The zero-order valence-electron chi connectivity index (χ0n) is 14.3. The van der Waals surface area contributed by atoms with Crippen LogP contribution in [-0.4, -0.2) is 24.1 Å². The molecule has 140 valence electrons. The third kappa shape index (κ3) is 4.21. The second kappa shape index (κ2) is 7.29. The molecule has 27 heavy (non-hydrogen) atoms. The number of para-hydroxylation sites is 1. The van der Waals surface area contributed by atoms with E-state index in [1.165, 1.54) is 35.3 Å². The minimum absolute atomic E-state index is 0.00376. The van der Waals surface area contributed by atoms with E-state index in [0.717, 1.165) is 0 Å². The molecule has 0 saturated carbocycles. The lowest BCUT2D eigenvalue weighted by Crippen LogP contribution is -2.26. The predicted octanol–water partition coefficient (Wildman–Crippen LogP) is 2.15. The summed E-state index contributed by atoms with van der Waals surface area (Å²) in [5.41, 5.74) is 1.21. The number of halogens is 1. The molecule has 7 nitrogen and oxygen atoms in total. The molecule has 0 bridgehead atoms. The number of primary sulfonamides is 1. The molecule has 1 amide bonds. The molecule has 3 N–H and O–H groups in total. The van der Waals surface area contributed by atoms with Crippen molar-refractivity contribution in [3.63, 3.8) is 0 Å². The highest BCUT2D eigenvalue weighted by molar-refractivity contribution is 7.89. The molecule has 2 aromatic carbocycles. The van der Waals surface area contributed by atoms with E-state index in [1.54, 1.807) is 37.3 Å². The molecule has 0 aliphatic heterocycles. The summed E-state index contributed by atoms with van der Waals surface area (Å²) in [4.78, 5) is 12.4. The van der Waals surface area contributed by atoms with Crippen LogP contribution in [0.2, 0.25) is 0 Å². The second-order valence-electron chi connectivity index (χ2n) is 5.93. The Hall–Kier alpha value is -3.04. The maximum Gasteiger partial charge on any atom is 0.254 e. The lowest BCUT2D eigenvalue weighted by atomic mass is 10.1. The molecule has 1 aromatic heterocycles. The number of hydrogen-bond donors (Lipinski definition) is 2. The first kappa shape index (κ1) is 18.7. The van der Waals surface area contributed by atoms with Gasteiger partial charge in [0.25, 0.3) is 5.91 Å². The average Bonchev–Trinajstić information content (AvgIpc) is 3.11. The molecule has 0 aliphatic rings. The maximum absolute atomic E-state index is 13.8. The summed E-state index contributed by atoms with van der Waals surface area (Å²) in [6.07, 6.45) is 2.78. The van der Waals surface area contributed by atoms with Crippen molar-refractivity contribution >= 4 is 15.9 Å². The van der Waals surface area contributed by atoms with Crippen LogP contribution >= 0.6 is 0 Å². The molecule has 0 saturated heterocycles. The van der Waals surface area contributed by atoms with Gasteiger partial charge in [0.1, 0.15) is 11.5 Å². The van der Waals surface area contributed by atoms with Gasteiger partial charge in [-0.1, -0.05) is 24.3 Å². The van der Waals surface area contributed by atoms with E-state index < -0.39 is 15.8 Å². The van der Waals surface area contributed by atoms with Gasteiger partial charge in [-0.15, -0.1) is 0 Å². The summed E-state index contributed by atoms with van der Waals surface area (Å²) >= 11 is 0. The molecule has 1 heterocycles. The standard InChI is InChI=1S/C18H17FN4O3S/c1-12(13-6-8-15(9-7-13)27(20,25)26)22-18(24)14-10-21-23(11-14)17-5-3-2-4-16(17)19/h2-12H,1H3,(H,22,24)(H2,20,25,26). The zero-order valence-corrected chi connectivity index (χ0v) is 15.2. The van der Waals surface area contributed by atoms with Crippen LogP contribution in [0.4, 0.5) is 4.39 Å². The van der Waals surface area contributed by atoms with E-state index in [9.17, 15) is 17.6 Å². The van der Waals surface area contributed by atoms with Crippen molar-refractivity contribution in [3.8, 4) is 5.69 Å². The summed E-state index contributed by atoms with van der Waals surface area (Å²) in [6.45, 7) is 1.76. The van der Waals surface area contributed by atoms with Crippen LogP contribution in [0.25, 0.3) is 5.69 Å². The fraction of sp³-hybridized carbons (Fsp3) is 0.111. The van der Waals surface area contributed by atoms with Gasteiger partial charge in [0.15, 0.2) is 0 Å². The van der Waals surface area contributed by atoms with Crippen molar-refractivity contribution in [2.45, 2.75) is 17.9 Å². The second-order valence-corrected chi connectivity index (χ2v) is 7.50. The van der Waals surface area contributed by atoms with Crippen LogP contribution < -0.4 is 10.5 Å². The lowest BCUT2D eigenvalue weighted by Gasteiger charge is -2.14. The highest BCUT2D eigenvalue weighted by atomic mass is 32.2. The Kier molecular flexibility index (Phi) is 5.06. The molecule has 3 rings (SSSR count). The molecular formula is C18H17FN4O3S. The number of nitrogens with one attached hydrogen (secondary N) is 1. The summed E-state index contributed by atoms with van der Waals surface area (Å²) in [7, 11) is -3.77. The Morgan fingerprint density at radius 1 is 1.19 bits per heavy atom. The fourth-order valence-electron chi connectivity index (χ4n) is 2.52. The molecule has 0 fully saturated rings. The Morgan fingerprint density at radius 2 is 1.85 bits per heavy atom.